The van der Waals surface area contributed by atoms with E-state index < -0.39 is 0 Å². The molecule has 112 valence electrons. The zero-order valence-electron chi connectivity index (χ0n) is 13.6. The van der Waals surface area contributed by atoms with Gasteiger partial charge in [0.05, 0.1) is 11.1 Å². The second-order valence-electron chi connectivity index (χ2n) is 6.35. The Morgan fingerprint density at radius 3 is 2.48 bits per heavy atom. The highest BCUT2D eigenvalue weighted by Gasteiger charge is 2.18. The fourth-order valence-electron chi connectivity index (χ4n) is 2.50. The van der Waals surface area contributed by atoms with Crippen molar-refractivity contribution in [2.45, 2.75) is 33.6 Å². The van der Waals surface area contributed by atoms with Crippen LogP contribution in [0.15, 0.2) is 30.3 Å². The number of amides is 1. The number of rotatable bonds is 4. The van der Waals surface area contributed by atoms with Crippen LogP contribution in [0.3, 0.4) is 0 Å². The molecular formula is C18H24N2O. The lowest BCUT2D eigenvalue weighted by Crippen LogP contribution is -2.30. The number of fused-ring (bicyclic) bond motifs is 1. The molecular weight excluding hydrogens is 260 g/mol. The minimum absolute atomic E-state index is 0.0733. The van der Waals surface area contributed by atoms with Gasteiger partial charge < -0.3 is 4.90 Å². The predicted octanol–water partition coefficient (Wildman–Crippen LogP) is 4.09. The Labute approximate surface area is 127 Å². The van der Waals surface area contributed by atoms with E-state index >= 15 is 0 Å². The Morgan fingerprint density at radius 2 is 1.86 bits per heavy atom. The van der Waals surface area contributed by atoms with E-state index in [1.807, 2.05) is 37.4 Å². The lowest BCUT2D eigenvalue weighted by Gasteiger charge is -2.21. The van der Waals surface area contributed by atoms with E-state index in [0.29, 0.717) is 11.8 Å². The van der Waals surface area contributed by atoms with Crippen molar-refractivity contribution in [3.8, 4) is 0 Å². The molecule has 0 fully saturated rings. The highest BCUT2D eigenvalue weighted by molar-refractivity contribution is 6.06. The van der Waals surface area contributed by atoms with Crippen LogP contribution in [0.25, 0.3) is 10.9 Å². The summed E-state index contributed by atoms with van der Waals surface area (Å²) < 4.78 is 0. The fraction of sp³-hybridized carbons (Fsp3) is 0.444. The van der Waals surface area contributed by atoms with Gasteiger partial charge in [0.15, 0.2) is 0 Å². The van der Waals surface area contributed by atoms with E-state index in [1.165, 1.54) is 0 Å². The zero-order chi connectivity index (χ0) is 15.6. The van der Waals surface area contributed by atoms with Gasteiger partial charge in [-0.25, -0.2) is 0 Å². The normalized spacial score (nSPS) is 11.4. The first-order chi connectivity index (χ1) is 9.90. The van der Waals surface area contributed by atoms with Crippen LogP contribution in [0.1, 0.15) is 49.7 Å². The monoisotopic (exact) mass is 284 g/mol. The van der Waals surface area contributed by atoms with Crippen molar-refractivity contribution in [3.63, 3.8) is 0 Å². The first-order valence-electron chi connectivity index (χ1n) is 7.55. The van der Waals surface area contributed by atoms with Gasteiger partial charge in [0.25, 0.3) is 5.91 Å². The Balaban J connectivity index is 2.53. The van der Waals surface area contributed by atoms with E-state index in [2.05, 4.69) is 32.7 Å². The van der Waals surface area contributed by atoms with Crippen molar-refractivity contribution in [2.24, 2.45) is 5.92 Å². The van der Waals surface area contributed by atoms with Gasteiger partial charge in [0, 0.05) is 24.7 Å². The second kappa shape index (κ2) is 6.25. The molecule has 3 heteroatoms. The summed E-state index contributed by atoms with van der Waals surface area (Å²) in [5.41, 5.74) is 2.62. The lowest BCUT2D eigenvalue weighted by atomic mass is 10.0. The molecule has 0 N–H and O–H groups in total. The van der Waals surface area contributed by atoms with Crippen molar-refractivity contribution < 1.29 is 4.79 Å². The van der Waals surface area contributed by atoms with Crippen LogP contribution in [0.5, 0.6) is 0 Å². The third-order valence-electron chi connectivity index (χ3n) is 3.54. The van der Waals surface area contributed by atoms with E-state index in [1.54, 1.807) is 4.90 Å². The first-order valence-corrected chi connectivity index (χ1v) is 7.55. The standard InChI is InChI=1S/C18H24N2O/c1-12(2)11-20(5)18(21)15-10-17(13(3)4)19-16-9-7-6-8-14(15)16/h6-10,12-13H,11H2,1-5H3. The second-order valence-corrected chi connectivity index (χ2v) is 6.35. The van der Waals surface area contributed by atoms with Crippen LogP contribution >= 0.6 is 0 Å². The molecule has 0 aliphatic carbocycles. The quantitative estimate of drug-likeness (QED) is 0.847. The van der Waals surface area contributed by atoms with E-state index in [0.717, 1.165) is 28.7 Å². The molecule has 0 saturated carbocycles. The van der Waals surface area contributed by atoms with Gasteiger partial charge >= 0.3 is 0 Å². The smallest absolute Gasteiger partial charge is 0.254 e. The first kappa shape index (κ1) is 15.5. The van der Waals surface area contributed by atoms with Gasteiger partial charge in [-0.3, -0.25) is 9.78 Å². The number of pyridine rings is 1. The third-order valence-corrected chi connectivity index (χ3v) is 3.54. The molecule has 0 bridgehead atoms. The molecule has 0 spiro atoms. The highest BCUT2D eigenvalue weighted by Crippen LogP contribution is 2.23. The van der Waals surface area contributed by atoms with Crippen LogP contribution < -0.4 is 0 Å². The maximum atomic E-state index is 12.8. The van der Waals surface area contributed by atoms with Crippen molar-refractivity contribution in [1.29, 1.82) is 0 Å². The number of hydrogen-bond acceptors (Lipinski definition) is 2. The topological polar surface area (TPSA) is 33.2 Å². The number of carbonyl (C=O) groups excluding carboxylic acids is 1. The molecule has 0 aliphatic heterocycles. The molecule has 1 amide bonds. The van der Waals surface area contributed by atoms with Gasteiger partial charge in [-0.05, 0) is 24.0 Å². The summed E-state index contributed by atoms with van der Waals surface area (Å²) in [5, 5.41) is 0.933. The van der Waals surface area contributed by atoms with Gasteiger partial charge in [0.2, 0.25) is 0 Å². The SMILES string of the molecule is CC(C)CN(C)C(=O)c1cc(C(C)C)nc2ccccc12. The summed E-state index contributed by atoms with van der Waals surface area (Å²) in [6.07, 6.45) is 0. The molecule has 0 aliphatic rings. The van der Waals surface area contributed by atoms with Gasteiger partial charge in [-0.15, -0.1) is 0 Å². The van der Waals surface area contributed by atoms with Crippen LogP contribution in [0.4, 0.5) is 0 Å². The Bertz CT molecular complexity index is 647. The third kappa shape index (κ3) is 3.41. The molecule has 1 aromatic heterocycles. The van der Waals surface area contributed by atoms with Gasteiger partial charge in [-0.1, -0.05) is 45.9 Å². The van der Waals surface area contributed by atoms with Gasteiger partial charge in [-0.2, -0.15) is 0 Å². The molecule has 3 nitrogen and oxygen atoms in total. The summed E-state index contributed by atoms with van der Waals surface area (Å²) in [7, 11) is 1.87. The molecule has 1 heterocycles. The Morgan fingerprint density at radius 1 is 1.19 bits per heavy atom. The zero-order valence-corrected chi connectivity index (χ0v) is 13.6. The summed E-state index contributed by atoms with van der Waals surface area (Å²) in [6.45, 7) is 9.20. The largest absolute Gasteiger partial charge is 0.341 e. The number of para-hydroxylation sites is 1. The minimum Gasteiger partial charge on any atom is -0.341 e. The number of nitrogens with zero attached hydrogens (tertiary/aromatic N) is 2. The Kier molecular flexibility index (Phi) is 4.61. The van der Waals surface area contributed by atoms with Gasteiger partial charge in [0.1, 0.15) is 0 Å². The molecule has 0 unspecified atom stereocenters. The summed E-state index contributed by atoms with van der Waals surface area (Å²) in [4.78, 5) is 19.2. The number of hydrogen-bond donors (Lipinski definition) is 0. The number of benzene rings is 1. The predicted molar refractivity (Wildman–Crippen MR) is 87.6 cm³/mol. The minimum atomic E-state index is 0.0733. The molecule has 1 aromatic carbocycles. The Hall–Kier alpha value is -1.90. The van der Waals surface area contributed by atoms with Crippen molar-refractivity contribution >= 4 is 16.8 Å². The van der Waals surface area contributed by atoms with Crippen LogP contribution in [-0.2, 0) is 0 Å². The van der Waals surface area contributed by atoms with E-state index in [9.17, 15) is 4.79 Å². The van der Waals surface area contributed by atoms with Crippen molar-refractivity contribution in [1.82, 2.24) is 9.88 Å². The molecule has 2 rings (SSSR count). The van der Waals surface area contributed by atoms with Crippen LogP contribution in [-0.4, -0.2) is 29.4 Å². The number of carbonyl (C=O) groups is 1. The maximum absolute atomic E-state index is 12.8. The molecule has 0 atom stereocenters. The molecule has 21 heavy (non-hydrogen) atoms. The number of aromatic nitrogens is 1. The van der Waals surface area contributed by atoms with Crippen LogP contribution in [0, 0.1) is 5.92 Å². The highest BCUT2D eigenvalue weighted by atomic mass is 16.2. The summed E-state index contributed by atoms with van der Waals surface area (Å²) in [6, 6.07) is 9.82. The fourth-order valence-corrected chi connectivity index (χ4v) is 2.50. The van der Waals surface area contributed by atoms with E-state index in [4.69, 9.17) is 0 Å². The van der Waals surface area contributed by atoms with Crippen LogP contribution in [0.2, 0.25) is 0 Å². The maximum Gasteiger partial charge on any atom is 0.254 e. The average Bonchev–Trinajstić information content (AvgIpc) is 2.44. The summed E-state index contributed by atoms with van der Waals surface area (Å²) in [5.74, 6) is 0.831. The molecule has 0 saturated heterocycles. The molecule has 0 radical (unpaired) electrons. The van der Waals surface area contributed by atoms with Crippen molar-refractivity contribution in [3.05, 3.63) is 41.6 Å². The lowest BCUT2D eigenvalue weighted by molar-refractivity contribution is 0.0781. The van der Waals surface area contributed by atoms with Crippen molar-refractivity contribution in [2.75, 3.05) is 13.6 Å². The summed E-state index contributed by atoms with van der Waals surface area (Å²) >= 11 is 0. The molecule has 2 aromatic rings. The average molecular weight is 284 g/mol. The van der Waals surface area contributed by atoms with E-state index in [-0.39, 0.29) is 5.91 Å².